The minimum atomic E-state index is -3.82. The third kappa shape index (κ3) is 7.10. The number of halogens is 1. The molecule has 0 radical (unpaired) electrons. The fourth-order valence-corrected chi connectivity index (χ4v) is 5.40. The Morgan fingerprint density at radius 1 is 0.923 bits per heavy atom. The predicted molar refractivity (Wildman–Crippen MR) is 150 cm³/mol. The minimum absolute atomic E-state index is 0.0172. The van der Waals surface area contributed by atoms with E-state index in [0.717, 1.165) is 54.5 Å². The van der Waals surface area contributed by atoms with Gasteiger partial charge >= 0.3 is 0 Å². The Kier molecular flexibility index (Phi) is 8.04. The number of sulfonamides is 1. The van der Waals surface area contributed by atoms with Crippen LogP contribution in [0.5, 0.6) is 5.75 Å². The van der Waals surface area contributed by atoms with Crippen molar-refractivity contribution in [2.75, 3.05) is 36.8 Å². The molecule has 5 rings (SSSR count). The van der Waals surface area contributed by atoms with Crippen molar-refractivity contribution >= 4 is 27.2 Å². The number of nitrogens with one attached hydrogen (secondary N) is 2. The summed E-state index contributed by atoms with van der Waals surface area (Å²) < 4.78 is 46.7. The van der Waals surface area contributed by atoms with Crippen LogP contribution in [0.25, 0.3) is 11.3 Å². The molecule has 1 saturated heterocycles. The molecule has 0 amide bonds. The molecule has 0 bridgehead atoms. The summed E-state index contributed by atoms with van der Waals surface area (Å²) >= 11 is 0. The molecule has 0 atom stereocenters. The average molecular weight is 548 g/mol. The fourth-order valence-electron chi connectivity index (χ4n) is 4.35. The normalized spacial score (nSPS) is 14.6. The molecule has 0 saturated carbocycles. The van der Waals surface area contributed by atoms with E-state index >= 15 is 0 Å². The lowest BCUT2D eigenvalue weighted by atomic mass is 9.98. The third-order valence-corrected chi connectivity index (χ3v) is 8.07. The SMILES string of the molecule is CN1CCC(COc2ccc(-c3cc(Nc4ccc(NS(=O)(=O)c5ccc(F)cc5)cc4)ncn3)cc2)CC1. The van der Waals surface area contributed by atoms with Crippen LogP contribution in [0.4, 0.5) is 21.6 Å². The Hall–Kier alpha value is -4.02. The number of anilines is 3. The molecule has 8 nitrogen and oxygen atoms in total. The van der Waals surface area contributed by atoms with Gasteiger partial charge in [-0.1, -0.05) is 0 Å². The van der Waals surface area contributed by atoms with Gasteiger partial charge in [-0.15, -0.1) is 0 Å². The lowest BCUT2D eigenvalue weighted by Gasteiger charge is -2.28. The Morgan fingerprint density at radius 2 is 1.59 bits per heavy atom. The van der Waals surface area contributed by atoms with Gasteiger partial charge in [-0.2, -0.15) is 0 Å². The molecule has 1 aromatic heterocycles. The molecule has 0 aliphatic carbocycles. The molecule has 0 unspecified atom stereocenters. The van der Waals surface area contributed by atoms with Gasteiger partial charge in [0.05, 0.1) is 17.2 Å². The highest BCUT2D eigenvalue weighted by molar-refractivity contribution is 7.92. The van der Waals surface area contributed by atoms with Crippen LogP contribution in [-0.2, 0) is 10.0 Å². The van der Waals surface area contributed by atoms with Crippen molar-refractivity contribution in [2.24, 2.45) is 5.92 Å². The van der Waals surface area contributed by atoms with Crippen LogP contribution in [-0.4, -0.2) is 50.0 Å². The minimum Gasteiger partial charge on any atom is -0.493 e. The smallest absolute Gasteiger partial charge is 0.261 e. The maximum Gasteiger partial charge on any atom is 0.261 e. The van der Waals surface area contributed by atoms with Crippen LogP contribution in [0.1, 0.15) is 12.8 Å². The summed E-state index contributed by atoms with van der Waals surface area (Å²) in [6.07, 6.45) is 3.83. The highest BCUT2D eigenvalue weighted by atomic mass is 32.2. The number of rotatable bonds is 9. The molecular formula is C29H30FN5O3S. The zero-order valence-corrected chi connectivity index (χ0v) is 22.4. The first-order chi connectivity index (χ1) is 18.8. The third-order valence-electron chi connectivity index (χ3n) is 6.67. The summed E-state index contributed by atoms with van der Waals surface area (Å²) in [6.45, 7) is 2.98. The first kappa shape index (κ1) is 26.6. The Balaban J connectivity index is 1.18. The number of piperidine rings is 1. The summed E-state index contributed by atoms with van der Waals surface area (Å²) in [5.74, 6) is 1.55. The summed E-state index contributed by atoms with van der Waals surface area (Å²) in [5, 5.41) is 3.22. The molecule has 10 heteroatoms. The van der Waals surface area contributed by atoms with Gasteiger partial charge < -0.3 is 15.0 Å². The van der Waals surface area contributed by atoms with Gasteiger partial charge in [0.15, 0.2) is 0 Å². The van der Waals surface area contributed by atoms with Crippen molar-refractivity contribution in [3.63, 3.8) is 0 Å². The highest BCUT2D eigenvalue weighted by Gasteiger charge is 2.17. The van der Waals surface area contributed by atoms with Gasteiger partial charge in [-0.3, -0.25) is 4.72 Å². The first-order valence-corrected chi connectivity index (χ1v) is 14.2. The van der Waals surface area contributed by atoms with Crippen LogP contribution in [0.15, 0.2) is 90.1 Å². The van der Waals surface area contributed by atoms with Crippen molar-refractivity contribution in [3.05, 3.63) is 91.0 Å². The number of nitrogens with zero attached hydrogens (tertiary/aromatic N) is 3. The maximum absolute atomic E-state index is 13.1. The van der Waals surface area contributed by atoms with Crippen molar-refractivity contribution in [1.29, 1.82) is 0 Å². The topological polar surface area (TPSA) is 96.5 Å². The summed E-state index contributed by atoms with van der Waals surface area (Å²) in [5.41, 5.74) is 2.81. The van der Waals surface area contributed by atoms with E-state index in [0.29, 0.717) is 17.4 Å². The number of likely N-dealkylation sites (tertiary alicyclic amines) is 1. The van der Waals surface area contributed by atoms with Gasteiger partial charge in [0.2, 0.25) is 0 Å². The molecule has 1 aliphatic rings. The Morgan fingerprint density at radius 3 is 2.28 bits per heavy atom. The number of ether oxygens (including phenoxy) is 1. The number of benzene rings is 3. The average Bonchev–Trinajstić information content (AvgIpc) is 2.94. The van der Waals surface area contributed by atoms with E-state index in [4.69, 9.17) is 4.74 Å². The predicted octanol–water partition coefficient (Wildman–Crippen LogP) is 5.55. The monoisotopic (exact) mass is 547 g/mol. The van der Waals surface area contributed by atoms with Crippen LogP contribution >= 0.6 is 0 Å². The molecule has 1 fully saturated rings. The second-order valence-electron chi connectivity index (χ2n) is 9.63. The number of hydrogen-bond donors (Lipinski definition) is 2. The molecular weight excluding hydrogens is 517 g/mol. The van der Waals surface area contributed by atoms with Crippen LogP contribution < -0.4 is 14.8 Å². The van der Waals surface area contributed by atoms with Crippen molar-refractivity contribution < 1.29 is 17.5 Å². The van der Waals surface area contributed by atoms with Crippen LogP contribution in [0, 0.1) is 11.7 Å². The fraction of sp³-hybridized carbons (Fsp3) is 0.241. The van der Waals surface area contributed by atoms with Crippen LogP contribution in [0.3, 0.4) is 0 Å². The second kappa shape index (κ2) is 11.8. The van der Waals surface area contributed by atoms with E-state index < -0.39 is 15.8 Å². The van der Waals surface area contributed by atoms with Gasteiger partial charge in [0.1, 0.15) is 23.7 Å². The molecule has 3 aromatic carbocycles. The summed E-state index contributed by atoms with van der Waals surface area (Å²) in [7, 11) is -1.66. The van der Waals surface area contributed by atoms with Crippen molar-refractivity contribution in [2.45, 2.75) is 17.7 Å². The zero-order chi connectivity index (χ0) is 27.2. The number of hydrogen-bond acceptors (Lipinski definition) is 7. The molecule has 1 aliphatic heterocycles. The van der Waals surface area contributed by atoms with E-state index in [2.05, 4.69) is 32.0 Å². The lowest BCUT2D eigenvalue weighted by molar-refractivity contribution is 0.160. The van der Waals surface area contributed by atoms with Gasteiger partial charge in [0.25, 0.3) is 10.0 Å². The molecule has 0 spiro atoms. The lowest BCUT2D eigenvalue weighted by Crippen LogP contribution is -2.32. The maximum atomic E-state index is 13.1. The second-order valence-corrected chi connectivity index (χ2v) is 11.3. The molecule has 39 heavy (non-hydrogen) atoms. The van der Waals surface area contributed by atoms with Gasteiger partial charge in [-0.25, -0.2) is 22.8 Å². The molecule has 202 valence electrons. The van der Waals surface area contributed by atoms with E-state index in [1.807, 2.05) is 30.3 Å². The summed E-state index contributed by atoms with van der Waals surface area (Å²) in [4.78, 5) is 11.0. The van der Waals surface area contributed by atoms with Gasteiger partial charge in [0, 0.05) is 23.0 Å². The van der Waals surface area contributed by atoms with Crippen molar-refractivity contribution in [1.82, 2.24) is 14.9 Å². The van der Waals surface area contributed by atoms with E-state index in [1.54, 1.807) is 24.3 Å². The Bertz CT molecular complexity index is 1490. The first-order valence-electron chi connectivity index (χ1n) is 12.7. The Labute approximate surface area is 227 Å². The molecule has 4 aromatic rings. The summed E-state index contributed by atoms with van der Waals surface area (Å²) in [6, 6.07) is 21.1. The number of aromatic nitrogens is 2. The largest absolute Gasteiger partial charge is 0.493 e. The van der Waals surface area contributed by atoms with Crippen molar-refractivity contribution in [3.8, 4) is 17.0 Å². The quantitative estimate of drug-likeness (QED) is 0.284. The van der Waals surface area contributed by atoms with E-state index in [1.165, 1.54) is 31.3 Å². The standard InChI is InChI=1S/C29H30FN5O3S/c1-35-16-14-21(15-17-35)19-38-26-10-2-22(3-11-26)28-18-29(32-20-31-28)33-24-6-8-25(9-7-24)34-39(36,37)27-12-4-23(30)5-13-27/h2-13,18,20-21,34H,14-17,19H2,1H3,(H,31,32,33). The highest BCUT2D eigenvalue weighted by Crippen LogP contribution is 2.25. The molecule has 2 heterocycles. The van der Waals surface area contributed by atoms with Crippen LogP contribution in [0.2, 0.25) is 0 Å². The van der Waals surface area contributed by atoms with E-state index in [-0.39, 0.29) is 4.90 Å². The molecule has 2 N–H and O–H groups in total. The van der Waals surface area contributed by atoms with E-state index in [9.17, 15) is 12.8 Å². The van der Waals surface area contributed by atoms with Gasteiger partial charge in [-0.05, 0) is 112 Å². The zero-order valence-electron chi connectivity index (χ0n) is 21.5.